The Balaban J connectivity index is 1.40. The Hall–Kier alpha value is -2.67. The number of carboxylic acids is 1. The summed E-state index contributed by atoms with van der Waals surface area (Å²) in [5.74, 6) is -1.22. The number of aromatic nitrogens is 1. The molecule has 6 nitrogen and oxygen atoms in total. The van der Waals surface area contributed by atoms with Crippen LogP contribution in [0, 0.1) is 11.7 Å². The van der Waals surface area contributed by atoms with Crippen molar-refractivity contribution in [1.29, 1.82) is 0 Å². The van der Waals surface area contributed by atoms with Crippen molar-refractivity contribution >= 4 is 34.9 Å². The largest absolute Gasteiger partial charge is 0.481 e. The van der Waals surface area contributed by atoms with Gasteiger partial charge in [0.1, 0.15) is 11.5 Å². The summed E-state index contributed by atoms with van der Waals surface area (Å²) in [4.78, 5) is 32.8. The van der Waals surface area contributed by atoms with Crippen molar-refractivity contribution in [2.75, 3.05) is 24.5 Å². The highest BCUT2D eigenvalue weighted by Gasteiger charge is 2.49. The number of carbonyl (C=O) groups excluding carboxylic acids is 1. The molecule has 1 aromatic carbocycles. The van der Waals surface area contributed by atoms with Crippen LogP contribution in [0.5, 0.6) is 0 Å². The molecule has 1 amide bonds. The first kappa shape index (κ1) is 21.2. The minimum atomic E-state index is -0.786. The fraction of sp³-hybridized carbons (Fsp3) is 0.458. The van der Waals surface area contributed by atoms with E-state index >= 15 is 0 Å². The van der Waals surface area contributed by atoms with Gasteiger partial charge in [0.05, 0.1) is 16.4 Å². The van der Waals surface area contributed by atoms with Gasteiger partial charge in [-0.25, -0.2) is 9.37 Å². The second kappa shape index (κ2) is 8.03. The average molecular weight is 458 g/mol. The SMILES string of the molecule is O=C(O)CC1CCN(C(=O)c2ccc3c(n2)C2(CCC2)CN3c2ccc(Cl)c(F)c2)CC1. The minimum absolute atomic E-state index is 0.0951. The molecule has 1 saturated heterocycles. The van der Waals surface area contributed by atoms with Crippen molar-refractivity contribution in [3.05, 3.63) is 52.6 Å². The molecule has 2 fully saturated rings. The first-order valence-corrected chi connectivity index (χ1v) is 11.5. The zero-order valence-electron chi connectivity index (χ0n) is 17.7. The van der Waals surface area contributed by atoms with Gasteiger partial charge in [-0.2, -0.15) is 0 Å². The molecular weight excluding hydrogens is 433 g/mol. The Morgan fingerprint density at radius 3 is 2.56 bits per heavy atom. The second-order valence-corrected chi connectivity index (χ2v) is 9.62. The maximum Gasteiger partial charge on any atom is 0.303 e. The molecule has 1 N–H and O–H groups in total. The lowest BCUT2D eigenvalue weighted by Gasteiger charge is -2.38. The summed E-state index contributed by atoms with van der Waals surface area (Å²) in [6.07, 6.45) is 4.66. The Morgan fingerprint density at radius 1 is 1.19 bits per heavy atom. The van der Waals surface area contributed by atoms with Gasteiger partial charge in [0.25, 0.3) is 5.91 Å². The van der Waals surface area contributed by atoms with Gasteiger partial charge in [-0.15, -0.1) is 0 Å². The molecule has 0 unspecified atom stereocenters. The van der Waals surface area contributed by atoms with E-state index in [9.17, 15) is 14.0 Å². The first-order valence-electron chi connectivity index (χ1n) is 11.1. The number of carbonyl (C=O) groups is 2. The number of anilines is 2. The van der Waals surface area contributed by atoms with E-state index in [1.54, 1.807) is 17.0 Å². The molecule has 1 saturated carbocycles. The summed E-state index contributed by atoms with van der Waals surface area (Å²) >= 11 is 5.87. The lowest BCUT2D eigenvalue weighted by Crippen LogP contribution is -2.40. The third-order valence-corrected chi connectivity index (χ3v) is 7.54. The molecule has 168 valence electrons. The van der Waals surface area contributed by atoms with Gasteiger partial charge in [0.15, 0.2) is 0 Å². The molecule has 3 aliphatic rings. The molecule has 0 atom stereocenters. The van der Waals surface area contributed by atoms with Crippen LogP contribution in [0.1, 0.15) is 54.7 Å². The second-order valence-electron chi connectivity index (χ2n) is 9.22. The van der Waals surface area contributed by atoms with Crippen LogP contribution in [-0.2, 0) is 10.2 Å². The van der Waals surface area contributed by atoms with E-state index in [-0.39, 0.29) is 28.7 Å². The zero-order chi connectivity index (χ0) is 22.5. The predicted octanol–water partition coefficient (Wildman–Crippen LogP) is 4.77. The van der Waals surface area contributed by atoms with Crippen LogP contribution < -0.4 is 4.90 Å². The molecule has 0 radical (unpaired) electrons. The fourth-order valence-corrected chi connectivity index (χ4v) is 5.39. The molecule has 2 aliphatic heterocycles. The summed E-state index contributed by atoms with van der Waals surface area (Å²) in [6, 6.07) is 8.50. The van der Waals surface area contributed by atoms with E-state index in [0.717, 1.165) is 36.3 Å². The summed E-state index contributed by atoms with van der Waals surface area (Å²) in [6.45, 7) is 1.82. The Bertz CT molecular complexity index is 1080. The van der Waals surface area contributed by atoms with Gasteiger partial charge in [0.2, 0.25) is 0 Å². The minimum Gasteiger partial charge on any atom is -0.481 e. The van der Waals surface area contributed by atoms with Crippen molar-refractivity contribution < 1.29 is 19.1 Å². The number of piperidine rings is 1. The Labute approximate surface area is 191 Å². The number of halogens is 2. The molecule has 1 aliphatic carbocycles. The van der Waals surface area contributed by atoms with Gasteiger partial charge in [-0.1, -0.05) is 18.0 Å². The highest BCUT2D eigenvalue weighted by molar-refractivity contribution is 6.30. The van der Waals surface area contributed by atoms with E-state index in [1.165, 1.54) is 6.07 Å². The van der Waals surface area contributed by atoms with Gasteiger partial charge < -0.3 is 14.9 Å². The van der Waals surface area contributed by atoms with Crippen molar-refractivity contribution in [2.24, 2.45) is 5.92 Å². The molecule has 2 aromatic rings. The number of aliphatic carboxylic acids is 1. The standard InChI is InChI=1S/C24H25ClFN3O3/c25-17-3-2-16(13-18(17)26)29-14-24(8-1-9-24)22-20(29)5-4-19(27-22)23(32)28-10-6-15(7-11-28)12-21(30)31/h2-5,13,15H,1,6-12,14H2,(H,30,31). The van der Waals surface area contributed by atoms with Crippen molar-refractivity contribution in [3.8, 4) is 0 Å². The van der Waals surface area contributed by atoms with Gasteiger partial charge in [-0.3, -0.25) is 9.59 Å². The number of hydrogen-bond donors (Lipinski definition) is 1. The highest BCUT2D eigenvalue weighted by atomic mass is 35.5. The molecule has 5 rings (SSSR count). The third kappa shape index (κ3) is 3.62. The van der Waals surface area contributed by atoms with Crippen molar-refractivity contribution in [3.63, 3.8) is 0 Å². The Kier molecular flexibility index (Phi) is 5.32. The van der Waals surface area contributed by atoms with Gasteiger partial charge in [-0.05, 0) is 61.9 Å². The molecule has 1 spiro atoms. The molecule has 1 aromatic heterocycles. The lowest BCUT2D eigenvalue weighted by molar-refractivity contribution is -0.138. The highest BCUT2D eigenvalue weighted by Crippen LogP contribution is 2.53. The maximum absolute atomic E-state index is 14.1. The predicted molar refractivity (Wildman–Crippen MR) is 119 cm³/mol. The third-order valence-electron chi connectivity index (χ3n) is 7.24. The topological polar surface area (TPSA) is 73.7 Å². The number of hydrogen-bond acceptors (Lipinski definition) is 4. The fourth-order valence-electron chi connectivity index (χ4n) is 5.27. The van der Waals surface area contributed by atoms with Gasteiger partial charge in [0, 0.05) is 37.2 Å². The van der Waals surface area contributed by atoms with E-state index < -0.39 is 11.8 Å². The zero-order valence-corrected chi connectivity index (χ0v) is 18.4. The van der Waals surface area contributed by atoms with E-state index in [4.69, 9.17) is 21.7 Å². The summed E-state index contributed by atoms with van der Waals surface area (Å²) < 4.78 is 14.1. The molecule has 0 bridgehead atoms. The number of likely N-dealkylation sites (tertiary alicyclic amines) is 1. The van der Waals surface area contributed by atoms with Gasteiger partial charge >= 0.3 is 5.97 Å². The van der Waals surface area contributed by atoms with Crippen LogP contribution >= 0.6 is 11.6 Å². The number of amides is 1. The van der Waals surface area contributed by atoms with E-state index in [0.29, 0.717) is 38.2 Å². The number of carboxylic acid groups (broad SMARTS) is 1. The number of rotatable bonds is 4. The van der Waals surface area contributed by atoms with Crippen LogP contribution in [0.3, 0.4) is 0 Å². The van der Waals surface area contributed by atoms with Crippen molar-refractivity contribution in [1.82, 2.24) is 9.88 Å². The maximum atomic E-state index is 14.1. The molecule has 32 heavy (non-hydrogen) atoms. The lowest BCUT2D eigenvalue weighted by atomic mass is 9.67. The van der Waals surface area contributed by atoms with E-state index in [1.807, 2.05) is 12.1 Å². The van der Waals surface area contributed by atoms with Crippen LogP contribution in [0.4, 0.5) is 15.8 Å². The molecular formula is C24H25ClFN3O3. The molecule has 8 heteroatoms. The van der Waals surface area contributed by atoms with Crippen LogP contribution in [0.25, 0.3) is 0 Å². The normalized spacial score (nSPS) is 19.7. The summed E-state index contributed by atoms with van der Waals surface area (Å²) in [5.41, 5.74) is 2.90. The first-order chi connectivity index (χ1) is 15.4. The summed E-state index contributed by atoms with van der Waals surface area (Å²) in [7, 11) is 0. The van der Waals surface area contributed by atoms with Crippen LogP contribution in [0.15, 0.2) is 30.3 Å². The van der Waals surface area contributed by atoms with E-state index in [2.05, 4.69) is 4.90 Å². The summed E-state index contributed by atoms with van der Waals surface area (Å²) in [5, 5.41) is 9.09. The monoisotopic (exact) mass is 457 g/mol. The number of nitrogens with zero attached hydrogens (tertiary/aromatic N) is 3. The Morgan fingerprint density at radius 2 is 1.94 bits per heavy atom. The number of benzene rings is 1. The van der Waals surface area contributed by atoms with Crippen LogP contribution in [0.2, 0.25) is 5.02 Å². The van der Waals surface area contributed by atoms with Crippen LogP contribution in [-0.4, -0.2) is 46.5 Å². The average Bonchev–Trinajstić information content (AvgIpc) is 3.10. The molecule has 3 heterocycles. The van der Waals surface area contributed by atoms with Crippen molar-refractivity contribution in [2.45, 2.75) is 43.9 Å². The quantitative estimate of drug-likeness (QED) is 0.715. The number of pyridine rings is 1. The smallest absolute Gasteiger partial charge is 0.303 e. The number of fused-ring (bicyclic) bond motifs is 2.